The van der Waals surface area contributed by atoms with Gasteiger partial charge in [0, 0.05) is 5.56 Å². The van der Waals surface area contributed by atoms with Crippen molar-refractivity contribution in [3.05, 3.63) is 46.8 Å². The van der Waals surface area contributed by atoms with Gasteiger partial charge in [-0.3, -0.25) is 9.59 Å². The van der Waals surface area contributed by atoms with Crippen LogP contribution in [0.15, 0.2) is 41.3 Å². The van der Waals surface area contributed by atoms with Crippen molar-refractivity contribution in [2.75, 3.05) is 6.61 Å². The maximum absolute atomic E-state index is 11.3. The lowest BCUT2D eigenvalue weighted by atomic mass is 10.1. The van der Waals surface area contributed by atoms with Crippen molar-refractivity contribution in [1.29, 1.82) is 0 Å². The Labute approximate surface area is 113 Å². The molecule has 8 nitrogen and oxygen atoms in total. The summed E-state index contributed by atoms with van der Waals surface area (Å²) in [6.45, 7) is -0.505. The van der Waals surface area contributed by atoms with Gasteiger partial charge in [0.15, 0.2) is 0 Å². The highest BCUT2D eigenvalue weighted by atomic mass is 16.4. The molecule has 106 valence electrons. The van der Waals surface area contributed by atoms with E-state index in [1.54, 1.807) is 0 Å². The summed E-state index contributed by atoms with van der Waals surface area (Å²) in [7, 11) is 0. The highest BCUT2D eigenvalue weighted by Crippen LogP contribution is 2.09. The SMILES string of the molecule is N[C@@H](CO)C(=O)O.O=c1cn[nH]nc1-c1ccccc1. The maximum atomic E-state index is 11.3. The summed E-state index contributed by atoms with van der Waals surface area (Å²) in [6.07, 6.45) is 1.22. The third-order valence-electron chi connectivity index (χ3n) is 2.20. The number of hydrogen-bond donors (Lipinski definition) is 4. The van der Waals surface area contributed by atoms with Gasteiger partial charge in [-0.2, -0.15) is 15.4 Å². The quantitative estimate of drug-likeness (QED) is 0.577. The number of nitrogens with zero attached hydrogens (tertiary/aromatic N) is 2. The number of carbonyl (C=O) groups is 1. The third kappa shape index (κ3) is 4.59. The zero-order valence-corrected chi connectivity index (χ0v) is 10.4. The number of aromatic amines is 1. The van der Waals surface area contributed by atoms with Gasteiger partial charge in [-0.15, -0.1) is 0 Å². The lowest BCUT2D eigenvalue weighted by Gasteiger charge is -1.96. The summed E-state index contributed by atoms with van der Waals surface area (Å²) in [5, 5.41) is 25.6. The van der Waals surface area contributed by atoms with Crippen LogP contribution in [-0.2, 0) is 4.79 Å². The normalized spacial score (nSPS) is 11.1. The van der Waals surface area contributed by atoms with Crippen LogP contribution in [0.4, 0.5) is 0 Å². The Bertz CT molecular complexity index is 600. The first-order valence-electron chi connectivity index (χ1n) is 5.61. The predicted molar refractivity (Wildman–Crippen MR) is 70.8 cm³/mol. The average Bonchev–Trinajstić information content (AvgIpc) is 2.48. The molecule has 20 heavy (non-hydrogen) atoms. The minimum atomic E-state index is -1.18. The standard InChI is InChI=1S/C9H7N3O.C3H7NO3/c13-8-6-10-12-11-9(8)7-4-2-1-3-5-7;4-2(1-5)3(6)7/h1-6H,(H,12,13);2,5H,1,4H2,(H,6,7)/t;2-/m.0/s1. The third-order valence-corrected chi connectivity index (χ3v) is 2.20. The lowest BCUT2D eigenvalue weighted by molar-refractivity contribution is -0.139. The Balaban J connectivity index is 0.000000246. The van der Waals surface area contributed by atoms with Gasteiger partial charge in [-0.25, -0.2) is 0 Å². The Kier molecular flexibility index (Phi) is 6.01. The van der Waals surface area contributed by atoms with E-state index in [0.29, 0.717) is 5.69 Å². The van der Waals surface area contributed by atoms with Gasteiger partial charge in [0.05, 0.1) is 12.8 Å². The Morgan fingerprint density at radius 3 is 2.45 bits per heavy atom. The molecule has 8 heteroatoms. The molecule has 1 aromatic heterocycles. The molecule has 1 aromatic carbocycles. The van der Waals surface area contributed by atoms with Gasteiger partial charge < -0.3 is 15.9 Å². The number of aliphatic hydroxyl groups excluding tert-OH is 1. The minimum Gasteiger partial charge on any atom is -0.480 e. The molecule has 0 aliphatic heterocycles. The summed E-state index contributed by atoms with van der Waals surface area (Å²) in [5.74, 6) is -1.18. The molecule has 2 rings (SSSR count). The van der Waals surface area contributed by atoms with Crippen molar-refractivity contribution >= 4 is 5.97 Å². The molecular formula is C12H14N4O4. The number of nitrogens with two attached hydrogens (primary N) is 1. The van der Waals surface area contributed by atoms with Gasteiger partial charge in [0.25, 0.3) is 0 Å². The highest BCUT2D eigenvalue weighted by Gasteiger charge is 2.07. The molecule has 0 bridgehead atoms. The van der Waals surface area contributed by atoms with Crippen molar-refractivity contribution in [3.8, 4) is 11.3 Å². The number of hydrogen-bond acceptors (Lipinski definition) is 6. The van der Waals surface area contributed by atoms with E-state index in [1.165, 1.54) is 6.20 Å². The first-order valence-corrected chi connectivity index (χ1v) is 5.61. The number of carboxylic acids is 1. The largest absolute Gasteiger partial charge is 0.480 e. The van der Waals surface area contributed by atoms with Crippen LogP contribution in [0.25, 0.3) is 11.3 Å². The van der Waals surface area contributed by atoms with Crippen molar-refractivity contribution in [2.45, 2.75) is 6.04 Å². The average molecular weight is 278 g/mol. The van der Waals surface area contributed by atoms with Gasteiger partial charge in [0.1, 0.15) is 11.7 Å². The summed E-state index contributed by atoms with van der Waals surface area (Å²) in [4.78, 5) is 20.9. The molecule has 1 atom stereocenters. The van der Waals surface area contributed by atoms with Crippen LogP contribution < -0.4 is 11.2 Å². The maximum Gasteiger partial charge on any atom is 0.322 e. The number of aliphatic hydroxyl groups is 1. The van der Waals surface area contributed by atoms with Crippen molar-refractivity contribution < 1.29 is 15.0 Å². The number of carboxylic acid groups (broad SMARTS) is 1. The number of aliphatic carboxylic acids is 1. The molecule has 0 aliphatic carbocycles. The molecule has 1 heterocycles. The van der Waals surface area contributed by atoms with Crippen LogP contribution in [-0.4, -0.2) is 44.2 Å². The number of rotatable bonds is 3. The van der Waals surface area contributed by atoms with Crippen LogP contribution in [0.1, 0.15) is 0 Å². The fourth-order valence-corrected chi connectivity index (χ4v) is 1.16. The molecule has 0 saturated carbocycles. The predicted octanol–water partition coefficient (Wildman–Crippen LogP) is -0.777. The molecule has 0 radical (unpaired) electrons. The molecule has 0 fully saturated rings. The Morgan fingerprint density at radius 2 is 2.00 bits per heavy atom. The number of H-pyrrole nitrogens is 1. The van der Waals surface area contributed by atoms with E-state index in [2.05, 4.69) is 15.4 Å². The topological polar surface area (TPSA) is 142 Å². The Hall–Kier alpha value is -2.58. The van der Waals surface area contributed by atoms with Crippen LogP contribution >= 0.6 is 0 Å². The lowest BCUT2D eigenvalue weighted by Crippen LogP contribution is -2.33. The first kappa shape index (κ1) is 15.5. The van der Waals surface area contributed by atoms with E-state index in [0.717, 1.165) is 5.56 Å². The van der Waals surface area contributed by atoms with E-state index < -0.39 is 18.6 Å². The second kappa shape index (κ2) is 7.77. The summed E-state index contributed by atoms with van der Waals surface area (Å²) in [5.41, 5.74) is 5.79. The molecule has 0 unspecified atom stereocenters. The number of nitrogens with one attached hydrogen (secondary N) is 1. The minimum absolute atomic E-state index is 0.176. The first-order chi connectivity index (χ1) is 9.56. The number of aromatic nitrogens is 3. The molecule has 5 N–H and O–H groups in total. The fraction of sp³-hybridized carbons (Fsp3) is 0.167. The van der Waals surface area contributed by atoms with E-state index in [-0.39, 0.29) is 5.43 Å². The van der Waals surface area contributed by atoms with Crippen molar-refractivity contribution in [1.82, 2.24) is 15.4 Å². The smallest absolute Gasteiger partial charge is 0.322 e. The summed E-state index contributed by atoms with van der Waals surface area (Å²) < 4.78 is 0. The van der Waals surface area contributed by atoms with Gasteiger partial charge in [-0.1, -0.05) is 30.3 Å². The zero-order valence-electron chi connectivity index (χ0n) is 10.4. The van der Waals surface area contributed by atoms with Crippen LogP contribution in [0.5, 0.6) is 0 Å². The monoisotopic (exact) mass is 278 g/mol. The molecule has 0 saturated heterocycles. The van der Waals surface area contributed by atoms with Crippen molar-refractivity contribution in [2.24, 2.45) is 5.73 Å². The van der Waals surface area contributed by atoms with E-state index in [4.69, 9.17) is 15.9 Å². The number of benzene rings is 1. The van der Waals surface area contributed by atoms with Crippen LogP contribution in [0.2, 0.25) is 0 Å². The molecule has 0 amide bonds. The Morgan fingerprint density at radius 1 is 1.35 bits per heavy atom. The summed E-state index contributed by atoms with van der Waals surface area (Å²) in [6, 6.07) is 8.14. The zero-order chi connectivity index (χ0) is 15.0. The van der Waals surface area contributed by atoms with E-state index >= 15 is 0 Å². The summed E-state index contributed by atoms with van der Waals surface area (Å²) >= 11 is 0. The second-order valence-electron chi connectivity index (χ2n) is 3.68. The molecule has 0 spiro atoms. The second-order valence-corrected chi connectivity index (χ2v) is 3.68. The van der Waals surface area contributed by atoms with Gasteiger partial charge in [0.2, 0.25) is 5.43 Å². The van der Waals surface area contributed by atoms with Crippen molar-refractivity contribution in [3.63, 3.8) is 0 Å². The van der Waals surface area contributed by atoms with Crippen LogP contribution in [0, 0.1) is 0 Å². The molecule has 0 aliphatic rings. The van der Waals surface area contributed by atoms with Crippen LogP contribution in [0.3, 0.4) is 0 Å². The molecular weight excluding hydrogens is 264 g/mol. The molecule has 2 aromatic rings. The van der Waals surface area contributed by atoms with E-state index in [1.807, 2.05) is 30.3 Å². The van der Waals surface area contributed by atoms with Gasteiger partial charge >= 0.3 is 5.97 Å². The highest BCUT2D eigenvalue weighted by molar-refractivity contribution is 5.73. The van der Waals surface area contributed by atoms with Gasteiger partial charge in [-0.05, 0) is 0 Å². The van der Waals surface area contributed by atoms with E-state index in [9.17, 15) is 9.59 Å². The fourth-order valence-electron chi connectivity index (χ4n) is 1.16.